The van der Waals surface area contributed by atoms with Gasteiger partial charge in [0.05, 0.1) is 0 Å². The number of ether oxygens (including phenoxy) is 1. The molecule has 1 aliphatic rings. The number of hydrogen-bond acceptors (Lipinski definition) is 3. The number of aromatic nitrogens is 3. The molecule has 2 aromatic rings. The van der Waals surface area contributed by atoms with Crippen LogP contribution < -0.4 is 0 Å². The largest absolute Gasteiger partial charge is 0.355 e. The van der Waals surface area contributed by atoms with Crippen LogP contribution in [-0.2, 0) is 4.74 Å². The van der Waals surface area contributed by atoms with Gasteiger partial charge in [-0.25, -0.2) is 0 Å². The zero-order valence-corrected chi connectivity index (χ0v) is 7.76. The van der Waals surface area contributed by atoms with Crippen LogP contribution >= 0.6 is 0 Å². The maximum atomic E-state index is 5.51. The second kappa shape index (κ2) is 3.06. The summed E-state index contributed by atoms with van der Waals surface area (Å²) >= 11 is 0. The third kappa shape index (κ3) is 1.19. The van der Waals surface area contributed by atoms with Crippen LogP contribution in [0.2, 0.25) is 0 Å². The minimum atomic E-state index is 0.0439. The lowest BCUT2D eigenvalue weighted by molar-refractivity contribution is 0.0362. The van der Waals surface area contributed by atoms with Gasteiger partial charge in [-0.3, -0.25) is 0 Å². The van der Waals surface area contributed by atoms with Gasteiger partial charge in [-0.2, -0.15) is 15.0 Å². The maximum absolute atomic E-state index is 5.51. The molecule has 1 aromatic carbocycles. The summed E-state index contributed by atoms with van der Waals surface area (Å²) in [5, 5.41) is 8.75. The summed E-state index contributed by atoms with van der Waals surface area (Å²) in [6.07, 6.45) is 2.16. The van der Waals surface area contributed by atoms with Crippen molar-refractivity contribution < 1.29 is 4.74 Å². The van der Waals surface area contributed by atoms with Crippen LogP contribution in [0, 0.1) is 0 Å². The van der Waals surface area contributed by atoms with Crippen molar-refractivity contribution in [3.8, 4) is 0 Å². The highest BCUT2D eigenvalue weighted by Gasteiger charge is 2.19. The summed E-state index contributed by atoms with van der Waals surface area (Å²) in [5.74, 6) is 0. The molecular formula is C10H11N3O. The Morgan fingerprint density at radius 3 is 2.50 bits per heavy atom. The van der Waals surface area contributed by atoms with E-state index in [2.05, 4.69) is 10.2 Å². The lowest BCUT2D eigenvalue weighted by Crippen LogP contribution is -2.10. The second-order valence-corrected chi connectivity index (χ2v) is 3.48. The van der Waals surface area contributed by atoms with Crippen molar-refractivity contribution in [1.29, 1.82) is 0 Å². The van der Waals surface area contributed by atoms with E-state index in [0.29, 0.717) is 0 Å². The van der Waals surface area contributed by atoms with Crippen molar-refractivity contribution in [2.75, 3.05) is 6.61 Å². The standard InChI is InChI=1S/C10H11N3O/c1-2-5-9-8(4-1)11-13(12-9)10-6-3-7-14-10/h1-2,4-5,10H,3,6-7H2. The van der Waals surface area contributed by atoms with E-state index in [1.54, 1.807) is 4.80 Å². The normalized spacial score (nSPS) is 21.9. The van der Waals surface area contributed by atoms with Crippen LogP contribution in [0.1, 0.15) is 19.1 Å². The van der Waals surface area contributed by atoms with Gasteiger partial charge in [-0.1, -0.05) is 12.1 Å². The van der Waals surface area contributed by atoms with Crippen molar-refractivity contribution in [2.24, 2.45) is 0 Å². The molecule has 3 rings (SSSR count). The Kier molecular flexibility index (Phi) is 1.73. The molecule has 1 atom stereocenters. The van der Waals surface area contributed by atoms with Gasteiger partial charge in [0.15, 0.2) is 6.23 Å². The predicted molar refractivity (Wildman–Crippen MR) is 51.8 cm³/mol. The van der Waals surface area contributed by atoms with Crippen LogP contribution in [0.25, 0.3) is 11.0 Å². The zero-order valence-electron chi connectivity index (χ0n) is 7.76. The molecule has 4 nitrogen and oxygen atoms in total. The molecule has 0 spiro atoms. The first-order valence-electron chi connectivity index (χ1n) is 4.87. The van der Waals surface area contributed by atoms with Crippen LogP contribution in [0.4, 0.5) is 0 Å². The molecule has 1 aliphatic heterocycles. The van der Waals surface area contributed by atoms with Gasteiger partial charge >= 0.3 is 0 Å². The summed E-state index contributed by atoms with van der Waals surface area (Å²) in [5.41, 5.74) is 1.87. The SMILES string of the molecule is c1ccc2nn(C3CCCO3)nc2c1. The average Bonchev–Trinajstić information content (AvgIpc) is 2.86. The lowest BCUT2D eigenvalue weighted by Gasteiger charge is -2.06. The molecule has 14 heavy (non-hydrogen) atoms. The first kappa shape index (κ1) is 7.94. The van der Waals surface area contributed by atoms with Crippen molar-refractivity contribution in [1.82, 2.24) is 15.0 Å². The van der Waals surface area contributed by atoms with Crippen LogP contribution in [0.5, 0.6) is 0 Å². The summed E-state index contributed by atoms with van der Waals surface area (Å²) in [4.78, 5) is 1.69. The molecule has 0 radical (unpaired) electrons. The Balaban J connectivity index is 2.05. The van der Waals surface area contributed by atoms with Gasteiger partial charge in [0.2, 0.25) is 0 Å². The highest BCUT2D eigenvalue weighted by Crippen LogP contribution is 2.22. The first-order chi connectivity index (χ1) is 6.93. The van der Waals surface area contributed by atoms with Crippen molar-refractivity contribution >= 4 is 11.0 Å². The van der Waals surface area contributed by atoms with Gasteiger partial charge in [-0.05, 0) is 25.0 Å². The molecule has 72 valence electrons. The Hall–Kier alpha value is -1.42. The van der Waals surface area contributed by atoms with Gasteiger partial charge in [0.1, 0.15) is 11.0 Å². The zero-order chi connectivity index (χ0) is 9.38. The van der Waals surface area contributed by atoms with Gasteiger partial charge < -0.3 is 4.74 Å². The van der Waals surface area contributed by atoms with E-state index in [9.17, 15) is 0 Å². The number of fused-ring (bicyclic) bond motifs is 1. The fourth-order valence-corrected chi connectivity index (χ4v) is 1.75. The summed E-state index contributed by atoms with van der Waals surface area (Å²) in [7, 11) is 0. The third-order valence-electron chi connectivity index (χ3n) is 2.47. The van der Waals surface area contributed by atoms with Gasteiger partial charge in [0, 0.05) is 6.61 Å². The molecule has 1 saturated heterocycles. The monoisotopic (exact) mass is 189 g/mol. The Morgan fingerprint density at radius 1 is 1.21 bits per heavy atom. The van der Waals surface area contributed by atoms with E-state index in [1.165, 1.54) is 0 Å². The molecule has 2 heterocycles. The van der Waals surface area contributed by atoms with E-state index >= 15 is 0 Å². The van der Waals surface area contributed by atoms with Crippen molar-refractivity contribution in [3.05, 3.63) is 24.3 Å². The fraction of sp³-hybridized carbons (Fsp3) is 0.400. The number of rotatable bonds is 1. The predicted octanol–water partition coefficient (Wildman–Crippen LogP) is 1.74. The van der Waals surface area contributed by atoms with E-state index in [-0.39, 0.29) is 6.23 Å². The van der Waals surface area contributed by atoms with Crippen LogP contribution in [0.3, 0.4) is 0 Å². The quantitative estimate of drug-likeness (QED) is 0.686. The van der Waals surface area contributed by atoms with E-state index < -0.39 is 0 Å². The van der Waals surface area contributed by atoms with E-state index in [4.69, 9.17) is 4.74 Å². The van der Waals surface area contributed by atoms with E-state index in [1.807, 2.05) is 24.3 Å². The summed E-state index contributed by atoms with van der Waals surface area (Å²) in [6, 6.07) is 7.87. The minimum absolute atomic E-state index is 0.0439. The minimum Gasteiger partial charge on any atom is -0.355 e. The highest BCUT2D eigenvalue weighted by atomic mass is 16.5. The molecule has 0 saturated carbocycles. The molecule has 0 bridgehead atoms. The average molecular weight is 189 g/mol. The lowest BCUT2D eigenvalue weighted by atomic mass is 10.3. The second-order valence-electron chi connectivity index (χ2n) is 3.48. The maximum Gasteiger partial charge on any atom is 0.169 e. The first-order valence-corrected chi connectivity index (χ1v) is 4.87. The number of hydrogen-bond donors (Lipinski definition) is 0. The molecule has 1 unspecified atom stereocenters. The summed E-state index contributed by atoms with van der Waals surface area (Å²) in [6.45, 7) is 0.822. The van der Waals surface area contributed by atoms with Crippen LogP contribution in [-0.4, -0.2) is 21.6 Å². The Labute approximate surface area is 81.5 Å². The fourth-order valence-electron chi connectivity index (χ4n) is 1.75. The molecule has 0 amide bonds. The molecule has 4 heteroatoms. The Morgan fingerprint density at radius 2 is 1.93 bits per heavy atom. The Bertz CT molecular complexity index is 412. The molecule has 1 aromatic heterocycles. The van der Waals surface area contributed by atoms with E-state index in [0.717, 1.165) is 30.5 Å². The smallest absolute Gasteiger partial charge is 0.169 e. The van der Waals surface area contributed by atoms with Crippen LogP contribution in [0.15, 0.2) is 24.3 Å². The van der Waals surface area contributed by atoms with Crippen molar-refractivity contribution in [3.63, 3.8) is 0 Å². The highest BCUT2D eigenvalue weighted by molar-refractivity contribution is 5.72. The number of nitrogens with zero attached hydrogens (tertiary/aromatic N) is 3. The molecule has 1 fully saturated rings. The molecule has 0 aliphatic carbocycles. The summed E-state index contributed by atoms with van der Waals surface area (Å²) < 4.78 is 5.51. The molecule has 0 N–H and O–H groups in total. The van der Waals surface area contributed by atoms with Gasteiger partial charge in [0.25, 0.3) is 0 Å². The molecular weight excluding hydrogens is 178 g/mol. The third-order valence-corrected chi connectivity index (χ3v) is 2.47. The van der Waals surface area contributed by atoms with Crippen molar-refractivity contribution in [2.45, 2.75) is 19.1 Å². The topological polar surface area (TPSA) is 39.9 Å². The van der Waals surface area contributed by atoms with Gasteiger partial charge in [-0.15, -0.1) is 0 Å². The number of benzene rings is 1.